The molecule has 3 rings (SSSR count). The third-order valence-electron chi connectivity index (χ3n) is 3.04. The first-order valence-corrected chi connectivity index (χ1v) is 6.03. The second-order valence-electron chi connectivity index (χ2n) is 4.32. The average Bonchev–Trinajstić information content (AvgIpc) is 2.69. The van der Waals surface area contributed by atoms with Gasteiger partial charge in [0.2, 0.25) is 5.78 Å². The summed E-state index contributed by atoms with van der Waals surface area (Å²) in [5, 5.41) is 9.89. The summed E-state index contributed by atoms with van der Waals surface area (Å²) in [4.78, 5) is 12.3. The van der Waals surface area contributed by atoms with Crippen molar-refractivity contribution < 1.29 is 14.6 Å². The lowest BCUT2D eigenvalue weighted by molar-refractivity contribution is 0.0858. The van der Waals surface area contributed by atoms with Gasteiger partial charge in [-0.05, 0) is 30.3 Å². The van der Waals surface area contributed by atoms with Crippen molar-refractivity contribution >= 4 is 23.1 Å². The van der Waals surface area contributed by atoms with E-state index in [2.05, 4.69) is 0 Å². The van der Waals surface area contributed by atoms with Crippen LogP contribution in [0.4, 0.5) is 5.69 Å². The number of benzene rings is 2. The highest BCUT2D eigenvalue weighted by molar-refractivity contribution is 6.30. The molecular formula is C14H10ClNO3. The molecule has 1 aliphatic rings. The Hall–Kier alpha value is -2.20. The fourth-order valence-corrected chi connectivity index (χ4v) is 2.29. The molecule has 0 saturated carbocycles. The Kier molecular flexibility index (Phi) is 2.61. The van der Waals surface area contributed by atoms with E-state index in [0.29, 0.717) is 27.6 Å². The predicted molar refractivity (Wildman–Crippen MR) is 71.7 cm³/mol. The Morgan fingerprint density at radius 1 is 1.21 bits per heavy atom. The number of nitrogen functional groups attached to an aromatic ring is 1. The number of rotatable bonds is 1. The number of Topliss-reactive ketones (excluding diaryl/α,β-unsaturated/α-hetero) is 1. The van der Waals surface area contributed by atoms with Gasteiger partial charge in [0.05, 0.1) is 5.56 Å². The zero-order valence-corrected chi connectivity index (χ0v) is 10.5. The largest absolute Gasteiger partial charge is 0.508 e. The minimum Gasteiger partial charge on any atom is -0.508 e. The summed E-state index contributed by atoms with van der Waals surface area (Å²) in [5.74, 6) is 0.213. The molecule has 3 N–H and O–H groups in total. The van der Waals surface area contributed by atoms with Gasteiger partial charge in [-0.1, -0.05) is 11.6 Å². The van der Waals surface area contributed by atoms with Crippen LogP contribution in [0.3, 0.4) is 0 Å². The molecule has 96 valence electrons. The van der Waals surface area contributed by atoms with Crippen LogP contribution in [0.5, 0.6) is 11.5 Å². The van der Waals surface area contributed by atoms with E-state index in [4.69, 9.17) is 22.1 Å². The fourth-order valence-electron chi connectivity index (χ4n) is 2.11. The van der Waals surface area contributed by atoms with E-state index in [1.54, 1.807) is 18.2 Å². The minimum atomic E-state index is -0.810. The molecule has 2 aromatic carbocycles. The number of ether oxygens (including phenoxy) is 1. The standard InChI is InChI=1S/C14H10ClNO3/c15-7-1-4-11(16)10(5-7)14-13(18)9-3-2-8(17)6-12(9)19-14/h1-6,14,17H,16H2. The van der Waals surface area contributed by atoms with Gasteiger partial charge in [0.1, 0.15) is 11.5 Å². The summed E-state index contributed by atoms with van der Waals surface area (Å²) < 4.78 is 5.57. The van der Waals surface area contributed by atoms with Crippen molar-refractivity contribution in [2.24, 2.45) is 0 Å². The molecule has 0 amide bonds. The number of carbonyl (C=O) groups is 1. The molecule has 0 bridgehead atoms. The molecule has 4 nitrogen and oxygen atoms in total. The Bertz CT molecular complexity index is 684. The second-order valence-corrected chi connectivity index (χ2v) is 4.75. The van der Waals surface area contributed by atoms with Crippen LogP contribution in [0, 0.1) is 0 Å². The minimum absolute atomic E-state index is 0.0475. The Balaban J connectivity index is 2.06. The first-order chi connectivity index (χ1) is 9.06. The number of nitrogens with two attached hydrogens (primary N) is 1. The molecule has 0 aromatic heterocycles. The van der Waals surface area contributed by atoms with Crippen LogP contribution in [0.15, 0.2) is 36.4 Å². The highest BCUT2D eigenvalue weighted by Crippen LogP contribution is 2.40. The number of phenolic OH excluding ortho intramolecular Hbond substituents is 1. The number of aromatic hydroxyl groups is 1. The van der Waals surface area contributed by atoms with Gasteiger partial charge in [-0.2, -0.15) is 0 Å². The molecule has 0 spiro atoms. The van der Waals surface area contributed by atoms with Gasteiger partial charge < -0.3 is 15.6 Å². The summed E-state index contributed by atoms with van der Waals surface area (Å²) in [6.07, 6.45) is -0.810. The Morgan fingerprint density at radius 3 is 2.79 bits per heavy atom. The van der Waals surface area contributed by atoms with Crippen molar-refractivity contribution in [2.75, 3.05) is 5.73 Å². The van der Waals surface area contributed by atoms with E-state index in [0.717, 1.165) is 0 Å². The molecule has 0 fully saturated rings. The fraction of sp³-hybridized carbons (Fsp3) is 0.0714. The van der Waals surface area contributed by atoms with E-state index in [1.807, 2.05) is 0 Å². The SMILES string of the molecule is Nc1ccc(Cl)cc1C1Oc2cc(O)ccc2C1=O. The van der Waals surface area contributed by atoms with Crippen molar-refractivity contribution in [2.45, 2.75) is 6.10 Å². The van der Waals surface area contributed by atoms with Gasteiger partial charge in [0, 0.05) is 22.3 Å². The molecule has 2 aromatic rings. The zero-order chi connectivity index (χ0) is 13.6. The van der Waals surface area contributed by atoms with Crippen LogP contribution in [0.1, 0.15) is 22.0 Å². The average molecular weight is 276 g/mol. The third kappa shape index (κ3) is 1.90. The van der Waals surface area contributed by atoms with Crippen LogP contribution in [-0.4, -0.2) is 10.9 Å². The summed E-state index contributed by atoms with van der Waals surface area (Å²) in [6, 6.07) is 9.30. The van der Waals surface area contributed by atoms with Gasteiger partial charge in [-0.25, -0.2) is 0 Å². The third-order valence-corrected chi connectivity index (χ3v) is 3.28. The molecule has 19 heavy (non-hydrogen) atoms. The number of anilines is 1. The number of halogens is 1. The molecule has 0 saturated heterocycles. The maximum Gasteiger partial charge on any atom is 0.211 e. The van der Waals surface area contributed by atoms with E-state index in [9.17, 15) is 9.90 Å². The number of carbonyl (C=O) groups excluding carboxylic acids is 1. The topological polar surface area (TPSA) is 72.6 Å². The van der Waals surface area contributed by atoms with Crippen LogP contribution in [-0.2, 0) is 0 Å². The molecule has 0 aliphatic carbocycles. The van der Waals surface area contributed by atoms with Crippen LogP contribution in [0.25, 0.3) is 0 Å². The second kappa shape index (κ2) is 4.17. The predicted octanol–water partition coefficient (Wildman–Crippen LogP) is 2.94. The molecule has 5 heteroatoms. The molecule has 1 atom stereocenters. The Morgan fingerprint density at radius 2 is 2.00 bits per heavy atom. The van der Waals surface area contributed by atoms with Crippen LogP contribution in [0.2, 0.25) is 5.02 Å². The molecule has 1 heterocycles. The van der Waals surface area contributed by atoms with Crippen molar-refractivity contribution in [3.05, 3.63) is 52.5 Å². The lowest BCUT2D eigenvalue weighted by atomic mass is 10.0. The first-order valence-electron chi connectivity index (χ1n) is 5.65. The maximum atomic E-state index is 12.3. The summed E-state index contributed by atoms with van der Waals surface area (Å²) in [6.45, 7) is 0. The van der Waals surface area contributed by atoms with E-state index < -0.39 is 6.10 Å². The zero-order valence-electron chi connectivity index (χ0n) is 9.76. The monoisotopic (exact) mass is 275 g/mol. The van der Waals surface area contributed by atoms with Crippen LogP contribution < -0.4 is 10.5 Å². The van der Waals surface area contributed by atoms with Gasteiger partial charge in [0.15, 0.2) is 6.10 Å². The van der Waals surface area contributed by atoms with Crippen molar-refractivity contribution in [3.8, 4) is 11.5 Å². The van der Waals surface area contributed by atoms with E-state index in [1.165, 1.54) is 18.2 Å². The lowest BCUT2D eigenvalue weighted by Crippen LogP contribution is -2.13. The number of hydrogen-bond acceptors (Lipinski definition) is 4. The van der Waals surface area contributed by atoms with Gasteiger partial charge in [-0.3, -0.25) is 4.79 Å². The number of ketones is 1. The molecule has 1 aliphatic heterocycles. The quantitative estimate of drug-likeness (QED) is 0.785. The maximum absolute atomic E-state index is 12.3. The van der Waals surface area contributed by atoms with Gasteiger partial charge >= 0.3 is 0 Å². The highest BCUT2D eigenvalue weighted by atomic mass is 35.5. The van der Waals surface area contributed by atoms with Crippen molar-refractivity contribution in [1.82, 2.24) is 0 Å². The molecule has 1 unspecified atom stereocenters. The number of phenols is 1. The smallest absolute Gasteiger partial charge is 0.211 e. The normalized spacial score (nSPS) is 17.1. The van der Waals surface area contributed by atoms with Crippen molar-refractivity contribution in [1.29, 1.82) is 0 Å². The first kappa shape index (κ1) is 11.9. The molecule has 0 radical (unpaired) electrons. The molecular weight excluding hydrogens is 266 g/mol. The number of hydrogen-bond donors (Lipinski definition) is 2. The van der Waals surface area contributed by atoms with Gasteiger partial charge in [-0.15, -0.1) is 0 Å². The summed E-state index contributed by atoms with van der Waals surface area (Å²) >= 11 is 5.92. The highest BCUT2D eigenvalue weighted by Gasteiger charge is 2.35. The lowest BCUT2D eigenvalue weighted by Gasteiger charge is -2.12. The summed E-state index contributed by atoms with van der Waals surface area (Å²) in [5.41, 5.74) is 7.27. The Labute approximate surface area is 114 Å². The van der Waals surface area contributed by atoms with Crippen molar-refractivity contribution in [3.63, 3.8) is 0 Å². The van der Waals surface area contributed by atoms with E-state index in [-0.39, 0.29) is 11.5 Å². The summed E-state index contributed by atoms with van der Waals surface area (Å²) in [7, 11) is 0. The number of fused-ring (bicyclic) bond motifs is 1. The van der Waals surface area contributed by atoms with Crippen LogP contribution >= 0.6 is 11.6 Å². The van der Waals surface area contributed by atoms with Gasteiger partial charge in [0.25, 0.3) is 0 Å². The van der Waals surface area contributed by atoms with E-state index >= 15 is 0 Å².